The van der Waals surface area contributed by atoms with E-state index < -0.39 is 0 Å². The number of methoxy groups -OCH3 is 2. The number of fused-ring (bicyclic) bond motifs is 1. The van der Waals surface area contributed by atoms with Crippen molar-refractivity contribution in [2.75, 3.05) is 14.2 Å². The Morgan fingerprint density at radius 3 is 2.43 bits per heavy atom. The van der Waals surface area contributed by atoms with E-state index in [9.17, 15) is 0 Å². The molecule has 1 aromatic heterocycles. The molecule has 1 N–H and O–H groups in total. The first-order valence-corrected chi connectivity index (χ1v) is 7.30. The van der Waals surface area contributed by atoms with Crippen molar-refractivity contribution < 1.29 is 9.47 Å². The van der Waals surface area contributed by atoms with Gasteiger partial charge in [0, 0.05) is 22.2 Å². The molecule has 0 radical (unpaired) electrons. The zero-order valence-electron chi connectivity index (χ0n) is 12.0. The lowest BCUT2D eigenvalue weighted by Crippen LogP contribution is -1.89. The highest BCUT2D eigenvalue weighted by atomic mass is 79.9. The highest BCUT2D eigenvalue weighted by Gasteiger charge is 2.11. The maximum atomic E-state index is 5.31. The van der Waals surface area contributed by atoms with Crippen LogP contribution in [0.5, 0.6) is 11.5 Å². The molecule has 0 aliphatic rings. The molecule has 0 unspecified atom stereocenters. The number of rotatable bonds is 3. The quantitative estimate of drug-likeness (QED) is 0.768. The summed E-state index contributed by atoms with van der Waals surface area (Å²) in [6.45, 7) is 2.06. The van der Waals surface area contributed by atoms with E-state index in [-0.39, 0.29) is 0 Å². The predicted molar refractivity (Wildman–Crippen MR) is 87.1 cm³/mol. The molecule has 21 heavy (non-hydrogen) atoms. The van der Waals surface area contributed by atoms with Crippen molar-refractivity contribution in [2.24, 2.45) is 0 Å². The lowest BCUT2D eigenvalue weighted by molar-refractivity contribution is 0.356. The lowest BCUT2D eigenvalue weighted by Gasteiger charge is -2.06. The van der Waals surface area contributed by atoms with Crippen LogP contribution in [0.4, 0.5) is 0 Å². The molecule has 3 rings (SSSR count). The van der Waals surface area contributed by atoms with Gasteiger partial charge in [-0.1, -0.05) is 28.1 Å². The molecule has 3 aromatic rings. The van der Waals surface area contributed by atoms with E-state index in [1.807, 2.05) is 18.2 Å². The van der Waals surface area contributed by atoms with E-state index in [0.717, 1.165) is 26.9 Å². The summed E-state index contributed by atoms with van der Waals surface area (Å²) in [6.07, 6.45) is 0. The van der Waals surface area contributed by atoms with Gasteiger partial charge < -0.3 is 14.5 Å². The summed E-state index contributed by atoms with van der Waals surface area (Å²) < 4.78 is 11.7. The van der Waals surface area contributed by atoms with E-state index in [2.05, 4.69) is 45.0 Å². The first-order chi connectivity index (χ1) is 10.1. The number of imidazole rings is 1. The van der Waals surface area contributed by atoms with E-state index >= 15 is 0 Å². The summed E-state index contributed by atoms with van der Waals surface area (Å²) in [5, 5.41) is 0. The van der Waals surface area contributed by atoms with Gasteiger partial charge in [-0.15, -0.1) is 0 Å². The Balaban J connectivity index is 2.14. The Bertz CT molecular complexity index is 770. The number of nitrogens with zero attached hydrogens (tertiary/aromatic N) is 1. The fourth-order valence-corrected chi connectivity index (χ4v) is 2.59. The van der Waals surface area contributed by atoms with Gasteiger partial charge in [-0.05, 0) is 18.6 Å². The van der Waals surface area contributed by atoms with Crippen LogP contribution >= 0.6 is 15.9 Å². The maximum Gasteiger partial charge on any atom is 0.163 e. The van der Waals surface area contributed by atoms with Crippen LogP contribution in [0.15, 0.2) is 34.8 Å². The van der Waals surface area contributed by atoms with Gasteiger partial charge in [0.25, 0.3) is 0 Å². The standard InChI is InChI=1S/C16H15BrN2O2/c1-9-4-5-10(6-11(9)17)16-18-12-7-14(20-2)15(21-3)8-13(12)19-16/h4-8H,1-3H3,(H,18,19). The van der Waals surface area contributed by atoms with Crippen LogP contribution in [0.2, 0.25) is 0 Å². The average Bonchev–Trinajstić information content (AvgIpc) is 2.91. The Morgan fingerprint density at radius 1 is 1.05 bits per heavy atom. The smallest absolute Gasteiger partial charge is 0.163 e. The second kappa shape index (κ2) is 5.41. The fraction of sp³-hybridized carbons (Fsp3) is 0.188. The highest BCUT2D eigenvalue weighted by molar-refractivity contribution is 9.10. The molecule has 0 aliphatic heterocycles. The van der Waals surface area contributed by atoms with Crippen LogP contribution in [-0.4, -0.2) is 24.2 Å². The summed E-state index contributed by atoms with van der Waals surface area (Å²) in [4.78, 5) is 7.94. The largest absolute Gasteiger partial charge is 0.493 e. The van der Waals surface area contributed by atoms with E-state index in [1.165, 1.54) is 5.56 Å². The van der Waals surface area contributed by atoms with E-state index in [0.29, 0.717) is 11.5 Å². The summed E-state index contributed by atoms with van der Waals surface area (Å²) in [6, 6.07) is 9.94. The summed E-state index contributed by atoms with van der Waals surface area (Å²) in [5.74, 6) is 2.18. The van der Waals surface area contributed by atoms with Crippen molar-refractivity contribution in [1.29, 1.82) is 0 Å². The third-order valence-electron chi connectivity index (χ3n) is 3.43. The molecular formula is C16H15BrN2O2. The molecule has 0 atom stereocenters. The number of aromatic amines is 1. The average molecular weight is 347 g/mol. The van der Waals surface area contributed by atoms with Crippen LogP contribution in [0, 0.1) is 6.92 Å². The zero-order chi connectivity index (χ0) is 15.0. The van der Waals surface area contributed by atoms with Crippen molar-refractivity contribution in [3.63, 3.8) is 0 Å². The molecule has 0 fully saturated rings. The minimum absolute atomic E-state index is 0.674. The number of halogens is 1. The molecule has 4 nitrogen and oxygen atoms in total. The van der Waals surface area contributed by atoms with Gasteiger partial charge in [-0.25, -0.2) is 4.98 Å². The molecule has 0 saturated heterocycles. The molecule has 0 bridgehead atoms. The lowest BCUT2D eigenvalue weighted by atomic mass is 10.1. The second-order valence-electron chi connectivity index (χ2n) is 4.77. The predicted octanol–water partition coefficient (Wildman–Crippen LogP) is 4.32. The van der Waals surface area contributed by atoms with Gasteiger partial charge in [-0.2, -0.15) is 0 Å². The number of ether oxygens (including phenoxy) is 2. The third kappa shape index (κ3) is 2.49. The number of hydrogen-bond acceptors (Lipinski definition) is 3. The van der Waals surface area contributed by atoms with Crippen LogP contribution in [0.25, 0.3) is 22.4 Å². The monoisotopic (exact) mass is 346 g/mol. The zero-order valence-corrected chi connectivity index (χ0v) is 13.6. The maximum absolute atomic E-state index is 5.31. The molecule has 0 saturated carbocycles. The minimum atomic E-state index is 0.674. The first-order valence-electron chi connectivity index (χ1n) is 6.50. The number of aryl methyl sites for hydroxylation is 1. The topological polar surface area (TPSA) is 47.1 Å². The molecule has 5 heteroatoms. The molecule has 2 aromatic carbocycles. The summed E-state index contributed by atoms with van der Waals surface area (Å²) in [7, 11) is 3.24. The van der Waals surface area contributed by atoms with Crippen LogP contribution < -0.4 is 9.47 Å². The van der Waals surface area contributed by atoms with Gasteiger partial charge in [0.1, 0.15) is 5.82 Å². The van der Waals surface area contributed by atoms with Crippen molar-refractivity contribution in [1.82, 2.24) is 9.97 Å². The summed E-state index contributed by atoms with van der Waals surface area (Å²) >= 11 is 3.55. The number of aromatic nitrogens is 2. The molecule has 0 amide bonds. The minimum Gasteiger partial charge on any atom is -0.493 e. The van der Waals surface area contributed by atoms with Crippen LogP contribution in [0.3, 0.4) is 0 Å². The number of benzene rings is 2. The first kappa shape index (κ1) is 13.9. The summed E-state index contributed by atoms with van der Waals surface area (Å²) in [5.41, 5.74) is 3.98. The van der Waals surface area contributed by atoms with Crippen LogP contribution in [0.1, 0.15) is 5.56 Å². The van der Waals surface area contributed by atoms with Gasteiger partial charge in [0.15, 0.2) is 11.5 Å². The Morgan fingerprint density at radius 2 is 1.76 bits per heavy atom. The normalized spacial score (nSPS) is 10.9. The van der Waals surface area contributed by atoms with Crippen molar-refractivity contribution in [3.8, 4) is 22.9 Å². The van der Waals surface area contributed by atoms with Crippen LogP contribution in [-0.2, 0) is 0 Å². The molecule has 0 spiro atoms. The fourth-order valence-electron chi connectivity index (χ4n) is 2.21. The van der Waals surface area contributed by atoms with Gasteiger partial charge in [0.05, 0.1) is 25.3 Å². The number of hydrogen-bond donors (Lipinski definition) is 1. The molecular weight excluding hydrogens is 332 g/mol. The molecule has 0 aliphatic carbocycles. The van der Waals surface area contributed by atoms with Crippen molar-refractivity contribution >= 4 is 27.0 Å². The molecule has 1 heterocycles. The van der Waals surface area contributed by atoms with Crippen molar-refractivity contribution in [2.45, 2.75) is 6.92 Å². The Hall–Kier alpha value is -2.01. The SMILES string of the molecule is COc1cc2nc(-c3ccc(C)c(Br)c3)[nH]c2cc1OC. The third-order valence-corrected chi connectivity index (χ3v) is 4.29. The Labute approximate surface area is 131 Å². The number of nitrogens with one attached hydrogen (secondary N) is 1. The molecule has 108 valence electrons. The van der Waals surface area contributed by atoms with Gasteiger partial charge in [-0.3, -0.25) is 0 Å². The second-order valence-corrected chi connectivity index (χ2v) is 5.63. The van der Waals surface area contributed by atoms with Gasteiger partial charge in [0.2, 0.25) is 0 Å². The number of H-pyrrole nitrogens is 1. The highest BCUT2D eigenvalue weighted by Crippen LogP contribution is 2.33. The Kier molecular flexibility index (Phi) is 3.59. The van der Waals surface area contributed by atoms with Gasteiger partial charge >= 0.3 is 0 Å². The van der Waals surface area contributed by atoms with E-state index in [1.54, 1.807) is 14.2 Å². The van der Waals surface area contributed by atoms with Crippen molar-refractivity contribution in [3.05, 3.63) is 40.4 Å². The van der Waals surface area contributed by atoms with E-state index in [4.69, 9.17) is 9.47 Å².